The van der Waals surface area contributed by atoms with Gasteiger partial charge < -0.3 is 5.32 Å². The van der Waals surface area contributed by atoms with Gasteiger partial charge in [0.1, 0.15) is 0 Å². The van der Waals surface area contributed by atoms with Crippen molar-refractivity contribution in [2.75, 3.05) is 18.4 Å². The minimum atomic E-state index is -4.00. The highest BCUT2D eigenvalue weighted by Crippen LogP contribution is 2.28. The van der Waals surface area contributed by atoms with E-state index in [0.29, 0.717) is 11.7 Å². The molecule has 1 heterocycles. The normalized spacial score (nSPS) is 22.9. The maximum Gasteiger partial charge on any atom is 0.272 e. The fourth-order valence-corrected chi connectivity index (χ4v) is 4.65. The molecule has 0 spiro atoms. The van der Waals surface area contributed by atoms with Crippen LogP contribution in [-0.4, -0.2) is 43.4 Å². The van der Waals surface area contributed by atoms with Crippen molar-refractivity contribution in [3.63, 3.8) is 0 Å². The quantitative estimate of drug-likeness (QED) is 0.596. The molecule has 26 heavy (non-hydrogen) atoms. The van der Waals surface area contributed by atoms with Crippen molar-refractivity contribution in [1.82, 2.24) is 4.90 Å². The summed E-state index contributed by atoms with van der Waals surface area (Å²) in [5.74, 6) is 0. The van der Waals surface area contributed by atoms with Crippen LogP contribution in [0.3, 0.4) is 0 Å². The van der Waals surface area contributed by atoms with Gasteiger partial charge in [-0.3, -0.25) is 15.0 Å². The largest absolute Gasteiger partial charge is 0.381 e. The molecule has 9 heteroatoms. The third-order valence-electron chi connectivity index (χ3n) is 5.35. The van der Waals surface area contributed by atoms with E-state index in [9.17, 15) is 18.5 Å². The number of anilines is 1. The Kier molecular flexibility index (Phi) is 5.79. The number of hydrogen-bond acceptors (Lipinski definition) is 6. The molecule has 1 saturated carbocycles. The molecule has 1 aliphatic heterocycles. The molecule has 1 unspecified atom stereocenters. The van der Waals surface area contributed by atoms with Crippen molar-refractivity contribution >= 4 is 21.4 Å². The summed E-state index contributed by atoms with van der Waals surface area (Å²) in [5.41, 5.74) is 0.151. The Hall–Kier alpha value is -1.71. The van der Waals surface area contributed by atoms with Crippen LogP contribution < -0.4 is 10.5 Å². The highest BCUT2D eigenvalue weighted by Gasteiger charge is 2.27. The van der Waals surface area contributed by atoms with E-state index in [4.69, 9.17) is 5.14 Å². The third kappa shape index (κ3) is 4.72. The molecule has 144 valence electrons. The number of rotatable bonds is 5. The smallest absolute Gasteiger partial charge is 0.272 e. The molecule has 2 fully saturated rings. The zero-order chi connectivity index (χ0) is 18.7. The van der Waals surface area contributed by atoms with E-state index in [2.05, 4.69) is 10.2 Å². The van der Waals surface area contributed by atoms with E-state index in [-0.39, 0.29) is 16.6 Å². The van der Waals surface area contributed by atoms with Crippen LogP contribution in [0, 0.1) is 10.1 Å². The second-order valence-electron chi connectivity index (χ2n) is 7.29. The molecule has 3 N–H and O–H groups in total. The number of nitrogens with zero attached hydrogens (tertiary/aromatic N) is 2. The van der Waals surface area contributed by atoms with Crippen LogP contribution in [0.1, 0.15) is 44.9 Å². The summed E-state index contributed by atoms with van der Waals surface area (Å²) < 4.78 is 23.3. The maximum absolute atomic E-state index is 11.6. The minimum Gasteiger partial charge on any atom is -0.381 e. The second kappa shape index (κ2) is 7.89. The van der Waals surface area contributed by atoms with E-state index in [1.807, 2.05) is 0 Å². The first-order chi connectivity index (χ1) is 12.3. The van der Waals surface area contributed by atoms with Crippen molar-refractivity contribution in [3.8, 4) is 0 Å². The Labute approximate surface area is 153 Å². The van der Waals surface area contributed by atoms with Gasteiger partial charge in [0.25, 0.3) is 5.69 Å². The number of non-ortho nitro benzene ring substituents is 1. The molecule has 1 atom stereocenters. The number of nitro benzene ring substituents is 1. The molecule has 1 aliphatic carbocycles. The predicted octanol–water partition coefficient (Wildman–Crippen LogP) is 2.45. The maximum atomic E-state index is 11.6. The third-order valence-corrected chi connectivity index (χ3v) is 6.24. The van der Waals surface area contributed by atoms with Crippen LogP contribution in [0.2, 0.25) is 0 Å². The molecule has 0 radical (unpaired) electrons. The van der Waals surface area contributed by atoms with Gasteiger partial charge in [0.2, 0.25) is 10.0 Å². The van der Waals surface area contributed by atoms with E-state index in [1.165, 1.54) is 44.2 Å². The number of nitrogens with one attached hydrogen (secondary N) is 1. The number of sulfonamides is 1. The predicted molar refractivity (Wildman–Crippen MR) is 99.6 cm³/mol. The summed E-state index contributed by atoms with van der Waals surface area (Å²) >= 11 is 0. The zero-order valence-corrected chi connectivity index (χ0v) is 15.6. The molecule has 0 amide bonds. The lowest BCUT2D eigenvalue weighted by Crippen LogP contribution is -2.47. The average Bonchev–Trinajstić information content (AvgIpc) is 2.61. The highest BCUT2D eigenvalue weighted by atomic mass is 32.2. The van der Waals surface area contributed by atoms with Crippen LogP contribution in [0.5, 0.6) is 0 Å². The number of nitro groups is 1. The summed E-state index contributed by atoms with van der Waals surface area (Å²) in [7, 11) is -4.00. The Balaban J connectivity index is 1.75. The van der Waals surface area contributed by atoms with Crippen LogP contribution in [-0.2, 0) is 10.0 Å². The van der Waals surface area contributed by atoms with Gasteiger partial charge in [-0.1, -0.05) is 19.3 Å². The van der Waals surface area contributed by atoms with Crippen LogP contribution in [0.4, 0.5) is 11.4 Å². The van der Waals surface area contributed by atoms with E-state index >= 15 is 0 Å². The first-order valence-electron chi connectivity index (χ1n) is 9.16. The van der Waals surface area contributed by atoms with Gasteiger partial charge in [-0.05, 0) is 38.3 Å². The van der Waals surface area contributed by atoms with Crippen LogP contribution in [0.25, 0.3) is 0 Å². The summed E-state index contributed by atoms with van der Waals surface area (Å²) in [4.78, 5) is 12.8. The van der Waals surface area contributed by atoms with Crippen LogP contribution >= 0.6 is 0 Å². The van der Waals surface area contributed by atoms with Crippen molar-refractivity contribution in [1.29, 1.82) is 0 Å². The number of likely N-dealkylation sites (tertiary alicyclic amines) is 1. The zero-order valence-electron chi connectivity index (χ0n) is 14.8. The van der Waals surface area contributed by atoms with Gasteiger partial charge in [0.05, 0.1) is 9.82 Å². The van der Waals surface area contributed by atoms with Gasteiger partial charge in [-0.25, -0.2) is 13.6 Å². The van der Waals surface area contributed by atoms with Gasteiger partial charge in [-0.2, -0.15) is 0 Å². The summed E-state index contributed by atoms with van der Waals surface area (Å²) in [6.07, 6.45) is 8.36. The number of benzene rings is 1. The fourth-order valence-electron chi connectivity index (χ4n) is 4.07. The van der Waals surface area contributed by atoms with Crippen molar-refractivity contribution in [2.45, 2.75) is 61.9 Å². The van der Waals surface area contributed by atoms with Crippen molar-refractivity contribution in [3.05, 3.63) is 28.3 Å². The lowest BCUT2D eigenvalue weighted by Gasteiger charge is -2.40. The molecule has 0 aromatic heterocycles. The molecule has 0 bridgehead atoms. The standard InChI is InChI=1S/C17H26N4O4S/c18-26(24,25)17-10-14(9-16(11-17)21(22)23)19-13-5-4-8-20(12-13)15-6-2-1-3-7-15/h9-11,13,15,19H,1-8,12H2,(H2,18,24,25). The van der Waals surface area contributed by atoms with Gasteiger partial charge >= 0.3 is 0 Å². The monoisotopic (exact) mass is 382 g/mol. The molecule has 3 rings (SSSR count). The van der Waals surface area contributed by atoms with Gasteiger partial charge in [-0.15, -0.1) is 0 Å². The Morgan fingerprint density at radius 1 is 1.12 bits per heavy atom. The number of primary sulfonamides is 1. The first kappa shape index (κ1) is 19.1. The van der Waals surface area contributed by atoms with E-state index in [0.717, 1.165) is 32.0 Å². The van der Waals surface area contributed by atoms with Gasteiger partial charge in [0.15, 0.2) is 0 Å². The molecular formula is C17H26N4O4S. The number of hydrogen-bond donors (Lipinski definition) is 2. The summed E-state index contributed by atoms with van der Waals surface area (Å²) in [6, 6.07) is 4.51. The highest BCUT2D eigenvalue weighted by molar-refractivity contribution is 7.89. The minimum absolute atomic E-state index is 0.140. The number of nitrogens with two attached hydrogens (primary N) is 1. The van der Waals surface area contributed by atoms with Crippen molar-refractivity contribution in [2.24, 2.45) is 5.14 Å². The molecule has 1 saturated heterocycles. The van der Waals surface area contributed by atoms with Crippen LogP contribution in [0.15, 0.2) is 23.1 Å². The Morgan fingerprint density at radius 3 is 2.50 bits per heavy atom. The summed E-state index contributed by atoms with van der Waals surface area (Å²) in [5, 5.41) is 19.6. The fraction of sp³-hybridized carbons (Fsp3) is 0.647. The topological polar surface area (TPSA) is 119 Å². The molecular weight excluding hydrogens is 356 g/mol. The average molecular weight is 382 g/mol. The SMILES string of the molecule is NS(=O)(=O)c1cc(NC2CCCN(C3CCCCC3)C2)cc([N+](=O)[O-])c1. The number of piperidine rings is 1. The Bertz CT molecular complexity index is 762. The lowest BCUT2D eigenvalue weighted by atomic mass is 9.92. The molecule has 8 nitrogen and oxygen atoms in total. The van der Waals surface area contributed by atoms with E-state index in [1.54, 1.807) is 0 Å². The molecule has 2 aliphatic rings. The lowest BCUT2D eigenvalue weighted by molar-refractivity contribution is -0.385. The second-order valence-corrected chi connectivity index (χ2v) is 8.85. The Morgan fingerprint density at radius 2 is 1.85 bits per heavy atom. The molecule has 1 aromatic rings. The molecule has 1 aromatic carbocycles. The van der Waals surface area contributed by atoms with Crippen molar-refractivity contribution < 1.29 is 13.3 Å². The summed E-state index contributed by atoms with van der Waals surface area (Å²) in [6.45, 7) is 1.96. The van der Waals surface area contributed by atoms with Gasteiger partial charge in [0, 0.05) is 36.4 Å². The first-order valence-corrected chi connectivity index (χ1v) is 10.7. The van der Waals surface area contributed by atoms with E-state index < -0.39 is 14.9 Å².